The number of anilines is 1. The summed E-state index contributed by atoms with van der Waals surface area (Å²) in [5.74, 6) is 1.83. The van der Waals surface area contributed by atoms with Crippen molar-refractivity contribution in [3.8, 4) is 0 Å². The monoisotopic (exact) mass is 387 g/mol. The number of piperazine rings is 1. The minimum absolute atomic E-state index is 0.680. The van der Waals surface area contributed by atoms with Crippen LogP contribution in [0.5, 0.6) is 0 Å². The fraction of sp³-hybridized carbons (Fsp3) is 0.526. The highest BCUT2D eigenvalue weighted by atomic mass is 32.1. The molecule has 0 bridgehead atoms. The number of rotatable bonds is 5. The minimum Gasteiger partial charge on any atom is -0.354 e. The number of hydrogen-bond donors (Lipinski definition) is 2. The quantitative estimate of drug-likeness (QED) is 0.602. The van der Waals surface area contributed by atoms with Gasteiger partial charge in [0.05, 0.1) is 12.2 Å². The van der Waals surface area contributed by atoms with E-state index in [2.05, 4.69) is 61.5 Å². The van der Waals surface area contributed by atoms with E-state index in [4.69, 9.17) is 0 Å². The van der Waals surface area contributed by atoms with E-state index < -0.39 is 0 Å². The van der Waals surface area contributed by atoms with Crippen LogP contribution in [0.25, 0.3) is 0 Å². The molecule has 0 spiro atoms. The van der Waals surface area contributed by atoms with Gasteiger partial charge in [0.2, 0.25) is 0 Å². The van der Waals surface area contributed by atoms with Crippen molar-refractivity contribution < 1.29 is 0 Å². The summed E-state index contributed by atoms with van der Waals surface area (Å²) in [6.07, 6.45) is 1.95. The Morgan fingerprint density at radius 1 is 1.15 bits per heavy atom. The van der Waals surface area contributed by atoms with E-state index in [-0.39, 0.29) is 0 Å². The summed E-state index contributed by atoms with van der Waals surface area (Å²) >= 11 is 1.72. The van der Waals surface area contributed by atoms with Crippen LogP contribution in [0.15, 0.2) is 23.3 Å². The third kappa shape index (κ3) is 5.40. The van der Waals surface area contributed by atoms with Crippen molar-refractivity contribution in [1.29, 1.82) is 0 Å². The van der Waals surface area contributed by atoms with E-state index in [0.717, 1.165) is 54.2 Å². The molecule has 2 aromatic heterocycles. The van der Waals surface area contributed by atoms with Crippen molar-refractivity contribution in [2.24, 2.45) is 4.99 Å². The molecule has 146 valence electrons. The van der Waals surface area contributed by atoms with Gasteiger partial charge in [0.25, 0.3) is 0 Å². The number of nitrogens with one attached hydrogen (secondary N) is 2. The molecule has 0 atom stereocenters. The van der Waals surface area contributed by atoms with Gasteiger partial charge in [-0.2, -0.15) is 0 Å². The molecule has 3 heterocycles. The lowest BCUT2D eigenvalue weighted by Crippen LogP contribution is -2.44. The van der Waals surface area contributed by atoms with Gasteiger partial charge in [-0.1, -0.05) is 6.07 Å². The van der Waals surface area contributed by atoms with Crippen LogP contribution in [0.3, 0.4) is 0 Å². The van der Waals surface area contributed by atoms with Crippen LogP contribution in [0.4, 0.5) is 5.82 Å². The van der Waals surface area contributed by atoms with Gasteiger partial charge in [-0.15, -0.1) is 11.3 Å². The molecule has 1 fully saturated rings. The van der Waals surface area contributed by atoms with Gasteiger partial charge in [-0.25, -0.2) is 9.97 Å². The van der Waals surface area contributed by atoms with Gasteiger partial charge in [0.15, 0.2) is 5.96 Å². The van der Waals surface area contributed by atoms with Gasteiger partial charge in [-0.05, 0) is 32.5 Å². The molecular formula is C19H29N7S. The van der Waals surface area contributed by atoms with E-state index in [1.165, 1.54) is 4.88 Å². The molecule has 2 N–H and O–H groups in total. The number of aryl methyl sites for hydroxylation is 2. The minimum atomic E-state index is 0.680. The highest BCUT2D eigenvalue weighted by molar-refractivity contribution is 7.11. The highest BCUT2D eigenvalue weighted by Crippen LogP contribution is 2.16. The Bertz CT molecular complexity index is 741. The predicted octanol–water partition coefficient (Wildman–Crippen LogP) is 1.77. The topological polar surface area (TPSA) is 68.7 Å². The molecule has 7 nitrogen and oxygen atoms in total. The zero-order valence-corrected chi connectivity index (χ0v) is 17.4. The van der Waals surface area contributed by atoms with Crippen molar-refractivity contribution in [2.45, 2.75) is 26.9 Å². The van der Waals surface area contributed by atoms with E-state index in [0.29, 0.717) is 13.1 Å². The summed E-state index contributed by atoms with van der Waals surface area (Å²) in [4.78, 5) is 19.4. The number of pyridine rings is 1. The fourth-order valence-electron chi connectivity index (χ4n) is 2.92. The number of thiazole rings is 1. The largest absolute Gasteiger partial charge is 0.354 e. The number of aliphatic imine (C=N–C) groups is 1. The Morgan fingerprint density at radius 2 is 1.89 bits per heavy atom. The zero-order valence-electron chi connectivity index (χ0n) is 16.6. The van der Waals surface area contributed by atoms with Gasteiger partial charge in [-0.3, -0.25) is 4.99 Å². The van der Waals surface area contributed by atoms with Gasteiger partial charge in [0, 0.05) is 50.8 Å². The molecule has 0 amide bonds. The third-order valence-corrected chi connectivity index (χ3v) is 5.87. The number of hydrogen-bond acceptors (Lipinski definition) is 6. The lowest BCUT2D eigenvalue weighted by Gasteiger charge is -2.33. The van der Waals surface area contributed by atoms with Gasteiger partial charge >= 0.3 is 0 Å². The molecule has 0 aliphatic carbocycles. The van der Waals surface area contributed by atoms with Crippen molar-refractivity contribution >= 4 is 23.1 Å². The smallest absolute Gasteiger partial charge is 0.191 e. The molecule has 0 radical (unpaired) electrons. The van der Waals surface area contributed by atoms with E-state index in [1.54, 1.807) is 18.4 Å². The molecule has 0 unspecified atom stereocenters. The molecule has 8 heteroatoms. The molecular weight excluding hydrogens is 358 g/mol. The first-order chi connectivity index (χ1) is 13.0. The second kappa shape index (κ2) is 9.14. The van der Waals surface area contributed by atoms with Crippen LogP contribution in [0.2, 0.25) is 0 Å². The van der Waals surface area contributed by atoms with Gasteiger partial charge in [0.1, 0.15) is 10.8 Å². The average Bonchev–Trinajstić information content (AvgIpc) is 3.01. The molecule has 1 aliphatic rings. The molecule has 0 aromatic carbocycles. The molecule has 1 aliphatic heterocycles. The predicted molar refractivity (Wildman–Crippen MR) is 113 cm³/mol. The van der Waals surface area contributed by atoms with Crippen LogP contribution in [0.1, 0.15) is 21.1 Å². The second-order valence-electron chi connectivity index (χ2n) is 6.84. The average molecular weight is 388 g/mol. The van der Waals surface area contributed by atoms with Crippen LogP contribution >= 0.6 is 11.3 Å². The maximum Gasteiger partial charge on any atom is 0.191 e. The maximum absolute atomic E-state index is 4.64. The molecule has 3 rings (SSSR count). The molecule has 1 saturated heterocycles. The van der Waals surface area contributed by atoms with Crippen molar-refractivity contribution in [3.63, 3.8) is 0 Å². The summed E-state index contributed by atoms with van der Waals surface area (Å²) < 4.78 is 0. The summed E-state index contributed by atoms with van der Waals surface area (Å²) in [6, 6.07) is 4.24. The lowest BCUT2D eigenvalue weighted by molar-refractivity contribution is 0.312. The zero-order chi connectivity index (χ0) is 19.2. The summed E-state index contributed by atoms with van der Waals surface area (Å²) in [5.41, 5.74) is 2.24. The van der Waals surface area contributed by atoms with E-state index >= 15 is 0 Å². The van der Waals surface area contributed by atoms with Crippen LogP contribution < -0.4 is 15.5 Å². The number of likely N-dealkylation sites (N-methyl/N-ethyl adjacent to an activating group) is 1. The first kappa shape index (κ1) is 19.6. The van der Waals surface area contributed by atoms with Crippen LogP contribution in [-0.4, -0.2) is 61.1 Å². The third-order valence-electron chi connectivity index (χ3n) is 4.80. The Kier molecular flexibility index (Phi) is 6.63. The SMILES string of the molecule is CN=C(NCc1ccc(N2CCN(C)CC2)nc1)NCc1nc(C)c(C)s1. The van der Waals surface area contributed by atoms with Crippen molar-refractivity contribution in [2.75, 3.05) is 45.2 Å². The number of aromatic nitrogens is 2. The molecule has 0 saturated carbocycles. The van der Waals surface area contributed by atoms with Crippen molar-refractivity contribution in [1.82, 2.24) is 25.5 Å². The summed E-state index contributed by atoms with van der Waals surface area (Å²) in [7, 11) is 3.94. The number of guanidine groups is 1. The summed E-state index contributed by atoms with van der Waals surface area (Å²) in [6.45, 7) is 9.76. The molecule has 2 aromatic rings. The van der Waals surface area contributed by atoms with Crippen LogP contribution in [0, 0.1) is 13.8 Å². The second-order valence-corrected chi connectivity index (χ2v) is 8.13. The Morgan fingerprint density at radius 3 is 2.48 bits per heavy atom. The standard InChI is InChI=1S/C19H29N7S/c1-14-15(2)27-18(24-14)13-23-19(20-3)22-12-16-5-6-17(21-11-16)26-9-7-25(4)8-10-26/h5-6,11H,7-10,12-13H2,1-4H3,(H2,20,22,23). The summed E-state index contributed by atoms with van der Waals surface area (Å²) in [5, 5.41) is 7.73. The Hall–Kier alpha value is -2.19. The Labute approximate surface area is 165 Å². The maximum atomic E-state index is 4.64. The van der Waals surface area contributed by atoms with Crippen molar-refractivity contribution in [3.05, 3.63) is 39.5 Å². The van der Waals surface area contributed by atoms with Gasteiger partial charge < -0.3 is 20.4 Å². The first-order valence-corrected chi connectivity index (χ1v) is 10.1. The lowest BCUT2D eigenvalue weighted by atomic mass is 10.2. The normalized spacial score (nSPS) is 15.9. The van der Waals surface area contributed by atoms with Crippen LogP contribution in [-0.2, 0) is 13.1 Å². The fourth-order valence-corrected chi connectivity index (χ4v) is 3.80. The Balaban J connectivity index is 1.48. The van der Waals surface area contributed by atoms with E-state index in [9.17, 15) is 0 Å². The number of nitrogens with zero attached hydrogens (tertiary/aromatic N) is 5. The van der Waals surface area contributed by atoms with E-state index in [1.807, 2.05) is 13.1 Å². The first-order valence-electron chi connectivity index (χ1n) is 9.31. The highest BCUT2D eigenvalue weighted by Gasteiger charge is 2.15. The molecule has 27 heavy (non-hydrogen) atoms.